The van der Waals surface area contributed by atoms with Crippen LogP contribution in [0, 0.1) is 0 Å². The lowest BCUT2D eigenvalue weighted by atomic mass is 10.1. The van der Waals surface area contributed by atoms with Gasteiger partial charge >= 0.3 is 23.9 Å². The highest BCUT2D eigenvalue weighted by Gasteiger charge is 2.22. The first-order chi connectivity index (χ1) is 24.5. The summed E-state index contributed by atoms with van der Waals surface area (Å²) in [6.07, 6.45) is -0.342. The molecular formula is C38H24O8S5. The number of carboxylic acids is 4. The minimum absolute atomic E-state index is 0.171. The van der Waals surface area contributed by atoms with Crippen LogP contribution in [0.3, 0.4) is 0 Å². The van der Waals surface area contributed by atoms with Gasteiger partial charge in [0.2, 0.25) is 0 Å². The number of carboxylic acid groups (broad SMARTS) is 4. The lowest BCUT2D eigenvalue weighted by Gasteiger charge is -2.03. The lowest BCUT2D eigenvalue weighted by molar-refractivity contribution is -0.137. The van der Waals surface area contributed by atoms with Crippen molar-refractivity contribution < 1.29 is 39.6 Å². The van der Waals surface area contributed by atoms with Gasteiger partial charge in [-0.05, 0) is 71.8 Å². The van der Waals surface area contributed by atoms with Gasteiger partial charge in [0.15, 0.2) is 0 Å². The molecule has 0 unspecified atom stereocenters. The number of aromatic carboxylic acids is 2. The average Bonchev–Trinajstić information content (AvgIpc) is 3.94. The van der Waals surface area contributed by atoms with Crippen molar-refractivity contribution in [1.82, 2.24) is 0 Å². The lowest BCUT2D eigenvalue weighted by Crippen LogP contribution is -1.99. The molecule has 5 aromatic heterocycles. The van der Waals surface area contributed by atoms with E-state index < -0.39 is 23.9 Å². The van der Waals surface area contributed by atoms with Crippen molar-refractivity contribution in [3.05, 3.63) is 119 Å². The smallest absolute Gasteiger partial charge is 0.336 e. The van der Waals surface area contributed by atoms with Gasteiger partial charge in [0.25, 0.3) is 0 Å². The third kappa shape index (κ3) is 7.07. The summed E-state index contributed by atoms with van der Waals surface area (Å²) in [6, 6.07) is 28.8. The third-order valence-corrected chi connectivity index (χ3v) is 14.3. The molecule has 13 heteroatoms. The molecule has 2 aromatic carbocycles. The van der Waals surface area contributed by atoms with Crippen LogP contribution in [0.25, 0.3) is 59.9 Å². The molecule has 0 saturated heterocycles. The molecule has 7 rings (SSSR count). The number of hydrogen-bond acceptors (Lipinski definition) is 9. The molecule has 0 fully saturated rings. The standard InChI is InChI=1S/C38H24O8S5/c39-33(40)17-19-15-31(50-35(19)29-13-9-25(47-29)21-5-1-3-7-23(21)37(43)44)27-11-12-28(49-27)32-16-20(18-34(41)42)36(51-32)30-14-10-26(48-30)22-6-2-4-8-24(22)38(45)46/h1-16H,17-18H2,(H,39,40)(H,41,42)(H,43,44)(H,45,46). The van der Waals surface area contributed by atoms with Crippen LogP contribution in [0.2, 0.25) is 0 Å². The van der Waals surface area contributed by atoms with Crippen LogP contribution in [-0.2, 0) is 22.4 Å². The SMILES string of the molecule is O=C(O)Cc1cc(-c2ccc(-c3cc(CC(=O)O)c(-c4ccc(-c5ccccc5C(=O)O)s4)s3)s2)sc1-c1ccc(-c2ccccc2C(=O)O)s1. The van der Waals surface area contributed by atoms with E-state index in [-0.39, 0.29) is 24.0 Å². The van der Waals surface area contributed by atoms with Gasteiger partial charge in [0.05, 0.1) is 24.0 Å². The number of aliphatic carboxylic acids is 2. The summed E-state index contributed by atoms with van der Waals surface area (Å²) in [5.41, 5.74) is 2.92. The van der Waals surface area contributed by atoms with Crippen molar-refractivity contribution in [2.75, 3.05) is 0 Å². The molecule has 0 radical (unpaired) electrons. The zero-order valence-corrected chi connectivity index (χ0v) is 30.2. The molecule has 0 amide bonds. The second-order valence-corrected chi connectivity index (χ2v) is 16.6. The summed E-state index contributed by atoms with van der Waals surface area (Å²) in [5, 5.41) is 38.8. The minimum Gasteiger partial charge on any atom is -0.481 e. The Hall–Kier alpha value is -5.18. The number of hydrogen-bond donors (Lipinski definition) is 4. The molecule has 0 saturated carbocycles. The van der Waals surface area contributed by atoms with Gasteiger partial charge in [-0.3, -0.25) is 9.59 Å². The predicted octanol–water partition coefficient (Wildman–Crippen LogP) is 10.6. The van der Waals surface area contributed by atoms with Crippen LogP contribution in [0.4, 0.5) is 0 Å². The molecular weight excluding hydrogens is 745 g/mol. The van der Waals surface area contributed by atoms with E-state index in [9.17, 15) is 39.6 Å². The molecule has 0 aliphatic carbocycles. The zero-order valence-electron chi connectivity index (χ0n) is 26.1. The molecule has 4 N–H and O–H groups in total. The first-order valence-corrected chi connectivity index (χ1v) is 19.3. The number of carbonyl (C=O) groups is 4. The van der Waals surface area contributed by atoms with Gasteiger partial charge in [-0.1, -0.05) is 36.4 Å². The van der Waals surface area contributed by atoms with E-state index >= 15 is 0 Å². The van der Waals surface area contributed by atoms with E-state index in [1.807, 2.05) is 48.5 Å². The highest BCUT2D eigenvalue weighted by molar-refractivity contribution is 7.30. The molecule has 0 spiro atoms. The fraction of sp³-hybridized carbons (Fsp3) is 0.0526. The Kier molecular flexibility index (Phi) is 9.55. The monoisotopic (exact) mass is 768 g/mol. The second-order valence-electron chi connectivity index (χ2n) is 11.3. The summed E-state index contributed by atoms with van der Waals surface area (Å²) in [5.74, 6) is -3.95. The van der Waals surface area contributed by atoms with Crippen LogP contribution >= 0.6 is 56.7 Å². The van der Waals surface area contributed by atoms with E-state index in [2.05, 4.69) is 0 Å². The Morgan fingerprint density at radius 2 is 0.765 bits per heavy atom. The van der Waals surface area contributed by atoms with E-state index in [0.717, 1.165) is 48.8 Å². The quantitative estimate of drug-likeness (QED) is 0.0960. The van der Waals surface area contributed by atoms with Gasteiger partial charge in [-0.25, -0.2) is 9.59 Å². The summed E-state index contributed by atoms with van der Waals surface area (Å²) in [4.78, 5) is 55.9. The van der Waals surface area contributed by atoms with Gasteiger partial charge in [0.1, 0.15) is 0 Å². The molecule has 51 heavy (non-hydrogen) atoms. The van der Waals surface area contributed by atoms with Gasteiger partial charge in [-0.2, -0.15) is 0 Å². The summed E-state index contributed by atoms with van der Waals surface area (Å²) >= 11 is 7.32. The Morgan fingerprint density at radius 1 is 0.412 bits per heavy atom. The Morgan fingerprint density at radius 3 is 1.16 bits per heavy atom. The van der Waals surface area contributed by atoms with Gasteiger partial charge in [0, 0.05) is 59.9 Å². The largest absolute Gasteiger partial charge is 0.481 e. The van der Waals surface area contributed by atoms with Crippen molar-refractivity contribution in [2.24, 2.45) is 0 Å². The normalized spacial score (nSPS) is 11.1. The van der Waals surface area contributed by atoms with Crippen molar-refractivity contribution in [2.45, 2.75) is 12.8 Å². The Labute approximate surface area is 310 Å². The molecule has 8 nitrogen and oxygen atoms in total. The van der Waals surface area contributed by atoms with Crippen LogP contribution in [0.5, 0.6) is 0 Å². The topological polar surface area (TPSA) is 149 Å². The molecule has 7 aromatic rings. The second kappa shape index (κ2) is 14.2. The van der Waals surface area contributed by atoms with Crippen LogP contribution in [0.15, 0.2) is 97.1 Å². The van der Waals surface area contributed by atoms with Crippen molar-refractivity contribution >= 4 is 80.6 Å². The maximum absolute atomic E-state index is 11.9. The van der Waals surface area contributed by atoms with Crippen molar-refractivity contribution in [1.29, 1.82) is 0 Å². The van der Waals surface area contributed by atoms with Crippen molar-refractivity contribution in [3.8, 4) is 59.9 Å². The van der Waals surface area contributed by atoms with E-state index in [1.165, 1.54) is 56.7 Å². The minimum atomic E-state index is -1.02. The van der Waals surface area contributed by atoms with Crippen LogP contribution in [0.1, 0.15) is 31.8 Å². The summed E-state index contributed by atoms with van der Waals surface area (Å²) < 4.78 is 0. The van der Waals surface area contributed by atoms with E-state index in [0.29, 0.717) is 22.3 Å². The van der Waals surface area contributed by atoms with Gasteiger partial charge in [-0.15, -0.1) is 56.7 Å². The highest BCUT2D eigenvalue weighted by atomic mass is 32.1. The van der Waals surface area contributed by atoms with E-state index in [1.54, 1.807) is 48.5 Å². The Bertz CT molecular complexity index is 2300. The first kappa shape index (κ1) is 34.3. The fourth-order valence-corrected chi connectivity index (χ4v) is 11.6. The maximum atomic E-state index is 11.9. The molecule has 0 aliphatic rings. The number of rotatable bonds is 12. The number of thiophene rings is 5. The maximum Gasteiger partial charge on any atom is 0.336 e. The summed E-state index contributed by atoms with van der Waals surface area (Å²) in [6.45, 7) is 0. The fourth-order valence-electron chi connectivity index (χ4n) is 5.69. The predicted molar refractivity (Wildman–Crippen MR) is 205 cm³/mol. The highest BCUT2D eigenvalue weighted by Crippen LogP contribution is 2.49. The average molecular weight is 769 g/mol. The van der Waals surface area contributed by atoms with Crippen LogP contribution < -0.4 is 0 Å². The van der Waals surface area contributed by atoms with Gasteiger partial charge < -0.3 is 20.4 Å². The molecule has 0 bridgehead atoms. The number of benzene rings is 2. The van der Waals surface area contributed by atoms with Crippen LogP contribution in [-0.4, -0.2) is 44.3 Å². The third-order valence-electron chi connectivity index (χ3n) is 7.90. The first-order valence-electron chi connectivity index (χ1n) is 15.2. The zero-order chi connectivity index (χ0) is 35.8. The molecule has 5 heterocycles. The molecule has 0 aliphatic heterocycles. The summed E-state index contributed by atoms with van der Waals surface area (Å²) in [7, 11) is 0. The van der Waals surface area contributed by atoms with Crippen molar-refractivity contribution in [3.63, 3.8) is 0 Å². The molecule has 0 atom stereocenters. The van der Waals surface area contributed by atoms with E-state index in [4.69, 9.17) is 0 Å². The Balaban J connectivity index is 1.22. The molecule has 254 valence electrons.